The molecular formula is C11H12N2O3. The van der Waals surface area contributed by atoms with Gasteiger partial charge in [0.05, 0.1) is 5.70 Å². The molecule has 0 saturated carbocycles. The SMILES string of the molecule is Cc1ccc(/C(N)=C(\O)C(=N)C(=O)O)cc1. The largest absolute Gasteiger partial charge is 0.504 e. The van der Waals surface area contributed by atoms with Crippen molar-refractivity contribution in [2.24, 2.45) is 5.73 Å². The molecule has 0 bridgehead atoms. The van der Waals surface area contributed by atoms with Gasteiger partial charge in [0.1, 0.15) is 0 Å². The number of aryl methyl sites for hydroxylation is 1. The Morgan fingerprint density at radius 1 is 1.25 bits per heavy atom. The average Bonchev–Trinajstić information content (AvgIpc) is 2.27. The van der Waals surface area contributed by atoms with Crippen LogP contribution in [0.4, 0.5) is 0 Å². The van der Waals surface area contributed by atoms with Crippen molar-refractivity contribution in [2.45, 2.75) is 6.92 Å². The fraction of sp³-hybridized carbons (Fsp3) is 0.0909. The third-order valence-corrected chi connectivity index (χ3v) is 2.07. The number of hydrogen-bond donors (Lipinski definition) is 4. The van der Waals surface area contributed by atoms with E-state index in [1.165, 1.54) is 0 Å². The number of benzene rings is 1. The van der Waals surface area contributed by atoms with Crippen molar-refractivity contribution in [3.05, 3.63) is 41.2 Å². The third kappa shape index (κ3) is 2.38. The summed E-state index contributed by atoms with van der Waals surface area (Å²) in [5, 5.41) is 25.0. The summed E-state index contributed by atoms with van der Waals surface area (Å²) >= 11 is 0. The van der Waals surface area contributed by atoms with Gasteiger partial charge in [-0.1, -0.05) is 29.8 Å². The highest BCUT2D eigenvalue weighted by Crippen LogP contribution is 2.13. The van der Waals surface area contributed by atoms with Crippen molar-refractivity contribution in [3.63, 3.8) is 0 Å². The lowest BCUT2D eigenvalue weighted by Gasteiger charge is -2.05. The quantitative estimate of drug-likeness (QED) is 0.454. The highest BCUT2D eigenvalue weighted by molar-refractivity contribution is 6.41. The number of aliphatic hydroxyl groups excluding tert-OH is 1. The van der Waals surface area contributed by atoms with Crippen LogP contribution in [0.5, 0.6) is 0 Å². The molecular weight excluding hydrogens is 208 g/mol. The Bertz CT molecular complexity index is 461. The van der Waals surface area contributed by atoms with Crippen LogP contribution in [-0.2, 0) is 4.79 Å². The average molecular weight is 220 g/mol. The summed E-state index contributed by atoms with van der Waals surface area (Å²) in [5.41, 5.74) is 6.01. The number of rotatable bonds is 3. The monoisotopic (exact) mass is 220 g/mol. The van der Waals surface area contributed by atoms with Crippen molar-refractivity contribution in [3.8, 4) is 0 Å². The van der Waals surface area contributed by atoms with E-state index in [1.54, 1.807) is 24.3 Å². The van der Waals surface area contributed by atoms with Crippen LogP contribution >= 0.6 is 0 Å². The first-order valence-corrected chi connectivity index (χ1v) is 4.51. The maximum atomic E-state index is 10.5. The first kappa shape index (κ1) is 11.8. The maximum Gasteiger partial charge on any atom is 0.357 e. The van der Waals surface area contributed by atoms with Gasteiger partial charge in [-0.2, -0.15) is 0 Å². The number of aliphatic carboxylic acids is 1. The van der Waals surface area contributed by atoms with Gasteiger partial charge in [0.25, 0.3) is 0 Å². The van der Waals surface area contributed by atoms with E-state index in [0.29, 0.717) is 5.56 Å². The molecule has 1 aromatic carbocycles. The van der Waals surface area contributed by atoms with E-state index < -0.39 is 17.4 Å². The molecule has 1 rings (SSSR count). The minimum Gasteiger partial charge on any atom is -0.504 e. The number of carboxylic acid groups (broad SMARTS) is 1. The standard InChI is InChI=1S/C11H12N2O3/c1-6-2-4-7(5-3-6)8(12)10(14)9(13)11(15)16/h2-5,13-14H,12H2,1H3,(H,15,16)/b10-8+,13-9?. The second-order valence-corrected chi connectivity index (χ2v) is 3.31. The van der Waals surface area contributed by atoms with Crippen LogP contribution in [0.3, 0.4) is 0 Å². The molecule has 0 aliphatic heterocycles. The van der Waals surface area contributed by atoms with Gasteiger partial charge in [-0.25, -0.2) is 4.79 Å². The van der Waals surface area contributed by atoms with E-state index in [2.05, 4.69) is 0 Å². The molecule has 5 N–H and O–H groups in total. The molecule has 0 unspecified atom stereocenters. The first-order chi connectivity index (χ1) is 7.43. The lowest BCUT2D eigenvalue weighted by Crippen LogP contribution is -2.17. The normalized spacial score (nSPS) is 11.8. The number of nitrogens with one attached hydrogen (secondary N) is 1. The highest BCUT2D eigenvalue weighted by atomic mass is 16.4. The van der Waals surface area contributed by atoms with Gasteiger partial charge in [0.15, 0.2) is 11.5 Å². The number of carboxylic acids is 1. The molecule has 0 saturated heterocycles. The second kappa shape index (κ2) is 4.48. The summed E-state index contributed by atoms with van der Waals surface area (Å²) in [6, 6.07) is 6.85. The van der Waals surface area contributed by atoms with E-state index in [1.807, 2.05) is 6.92 Å². The lowest BCUT2D eigenvalue weighted by molar-refractivity contribution is -0.129. The van der Waals surface area contributed by atoms with Crippen molar-refractivity contribution >= 4 is 17.4 Å². The van der Waals surface area contributed by atoms with Gasteiger partial charge in [-0.15, -0.1) is 0 Å². The molecule has 5 nitrogen and oxygen atoms in total. The molecule has 0 amide bonds. The van der Waals surface area contributed by atoms with Crippen LogP contribution in [0.1, 0.15) is 11.1 Å². The van der Waals surface area contributed by atoms with E-state index in [-0.39, 0.29) is 5.70 Å². The Hall–Kier alpha value is -2.30. The topological polar surface area (TPSA) is 107 Å². The predicted octanol–water partition coefficient (Wildman–Crippen LogP) is 1.28. The van der Waals surface area contributed by atoms with Gasteiger partial charge in [0, 0.05) is 5.56 Å². The fourth-order valence-corrected chi connectivity index (χ4v) is 1.11. The minimum atomic E-state index is -1.52. The number of aliphatic hydroxyl groups is 1. The summed E-state index contributed by atoms with van der Waals surface area (Å²) in [5.74, 6) is -2.25. The van der Waals surface area contributed by atoms with Crippen molar-refractivity contribution in [2.75, 3.05) is 0 Å². The minimum absolute atomic E-state index is 0.118. The molecule has 0 atom stereocenters. The molecule has 0 aliphatic carbocycles. The molecule has 0 aliphatic rings. The maximum absolute atomic E-state index is 10.5. The Labute approximate surface area is 92.3 Å². The molecule has 5 heteroatoms. The lowest BCUT2D eigenvalue weighted by atomic mass is 10.1. The molecule has 16 heavy (non-hydrogen) atoms. The fourth-order valence-electron chi connectivity index (χ4n) is 1.11. The number of carbonyl (C=O) groups is 1. The van der Waals surface area contributed by atoms with Gasteiger partial charge < -0.3 is 15.9 Å². The Morgan fingerprint density at radius 3 is 2.19 bits per heavy atom. The van der Waals surface area contributed by atoms with Crippen LogP contribution in [0, 0.1) is 12.3 Å². The third-order valence-electron chi connectivity index (χ3n) is 2.07. The molecule has 0 aromatic heterocycles. The second-order valence-electron chi connectivity index (χ2n) is 3.31. The van der Waals surface area contributed by atoms with Gasteiger partial charge in [0.2, 0.25) is 0 Å². The van der Waals surface area contributed by atoms with Crippen molar-refractivity contribution in [1.29, 1.82) is 5.41 Å². The Balaban J connectivity index is 3.13. The van der Waals surface area contributed by atoms with Crippen LogP contribution in [-0.4, -0.2) is 21.9 Å². The summed E-state index contributed by atoms with van der Waals surface area (Å²) in [4.78, 5) is 10.5. The molecule has 0 spiro atoms. The van der Waals surface area contributed by atoms with Crippen LogP contribution in [0.2, 0.25) is 0 Å². The van der Waals surface area contributed by atoms with Gasteiger partial charge in [-0.05, 0) is 6.92 Å². The molecule has 0 fully saturated rings. The number of hydrogen-bond acceptors (Lipinski definition) is 4. The Morgan fingerprint density at radius 2 is 1.75 bits per heavy atom. The van der Waals surface area contributed by atoms with Gasteiger partial charge >= 0.3 is 5.97 Å². The van der Waals surface area contributed by atoms with E-state index >= 15 is 0 Å². The predicted molar refractivity (Wildman–Crippen MR) is 60.3 cm³/mol. The zero-order valence-electron chi connectivity index (χ0n) is 8.69. The molecule has 0 radical (unpaired) electrons. The van der Waals surface area contributed by atoms with Crippen molar-refractivity contribution in [1.82, 2.24) is 0 Å². The Kier molecular flexibility index (Phi) is 3.30. The van der Waals surface area contributed by atoms with Crippen LogP contribution in [0.25, 0.3) is 5.70 Å². The summed E-state index contributed by atoms with van der Waals surface area (Å²) < 4.78 is 0. The summed E-state index contributed by atoms with van der Waals surface area (Å²) in [7, 11) is 0. The first-order valence-electron chi connectivity index (χ1n) is 4.51. The van der Waals surface area contributed by atoms with Gasteiger partial charge in [-0.3, -0.25) is 5.41 Å². The van der Waals surface area contributed by atoms with Crippen molar-refractivity contribution < 1.29 is 15.0 Å². The van der Waals surface area contributed by atoms with E-state index in [0.717, 1.165) is 5.56 Å². The molecule has 0 heterocycles. The smallest absolute Gasteiger partial charge is 0.357 e. The molecule has 84 valence electrons. The van der Waals surface area contributed by atoms with Crippen LogP contribution < -0.4 is 5.73 Å². The highest BCUT2D eigenvalue weighted by Gasteiger charge is 2.16. The van der Waals surface area contributed by atoms with Crippen LogP contribution in [0.15, 0.2) is 30.0 Å². The molecule has 1 aromatic rings. The van der Waals surface area contributed by atoms with E-state index in [4.69, 9.17) is 16.2 Å². The summed E-state index contributed by atoms with van der Waals surface area (Å²) in [6.07, 6.45) is 0. The number of nitrogens with two attached hydrogens (primary N) is 1. The zero-order valence-corrected chi connectivity index (χ0v) is 8.69. The summed E-state index contributed by atoms with van der Waals surface area (Å²) in [6.45, 7) is 1.89. The zero-order chi connectivity index (χ0) is 12.3. The van der Waals surface area contributed by atoms with E-state index in [9.17, 15) is 9.90 Å².